The van der Waals surface area contributed by atoms with Gasteiger partial charge >= 0.3 is 0 Å². The van der Waals surface area contributed by atoms with Crippen LogP contribution in [-0.2, 0) is 11.3 Å². The highest BCUT2D eigenvalue weighted by atomic mass is 16.5. The highest BCUT2D eigenvalue weighted by Gasteiger charge is 2.12. The Bertz CT molecular complexity index is 326. The molecule has 88 valence electrons. The summed E-state index contributed by atoms with van der Waals surface area (Å²) in [5.74, 6) is 0.957. The molecule has 1 saturated heterocycles. The van der Waals surface area contributed by atoms with Gasteiger partial charge in [-0.05, 0) is 6.54 Å². The van der Waals surface area contributed by atoms with Crippen LogP contribution in [0, 0.1) is 0 Å². The van der Waals surface area contributed by atoms with E-state index in [1.54, 1.807) is 0 Å². The zero-order chi connectivity index (χ0) is 11.2. The molecule has 0 radical (unpaired) electrons. The molecule has 0 spiro atoms. The summed E-state index contributed by atoms with van der Waals surface area (Å²) in [7, 11) is 0. The molecule has 0 saturated carbocycles. The van der Waals surface area contributed by atoms with Gasteiger partial charge in [0.15, 0.2) is 0 Å². The molecule has 2 heterocycles. The van der Waals surface area contributed by atoms with Crippen molar-refractivity contribution in [2.24, 2.45) is 0 Å². The van der Waals surface area contributed by atoms with Crippen molar-refractivity contribution in [3.63, 3.8) is 0 Å². The minimum absolute atomic E-state index is 0.777. The summed E-state index contributed by atoms with van der Waals surface area (Å²) >= 11 is 0. The molecule has 2 rings (SSSR count). The van der Waals surface area contributed by atoms with Gasteiger partial charge in [-0.25, -0.2) is 4.98 Å². The predicted molar refractivity (Wildman–Crippen MR) is 62.4 cm³/mol. The smallest absolute Gasteiger partial charge is 0.147 e. The predicted octanol–water partition coefficient (Wildman–Crippen LogP) is 0.423. The van der Waals surface area contributed by atoms with Gasteiger partial charge in [0.25, 0.3) is 0 Å². The molecule has 0 unspecified atom stereocenters. The van der Waals surface area contributed by atoms with E-state index >= 15 is 0 Å². The third-order valence-corrected chi connectivity index (χ3v) is 2.56. The molecule has 0 atom stereocenters. The average Bonchev–Trinajstić information content (AvgIpc) is 2.38. The Morgan fingerprint density at radius 2 is 2.19 bits per heavy atom. The Balaban J connectivity index is 2.02. The van der Waals surface area contributed by atoms with Gasteiger partial charge in [0.1, 0.15) is 5.82 Å². The first-order valence-corrected chi connectivity index (χ1v) is 5.74. The summed E-state index contributed by atoms with van der Waals surface area (Å²) in [5, 5.41) is 3.25. The Morgan fingerprint density at radius 3 is 2.94 bits per heavy atom. The highest BCUT2D eigenvalue weighted by molar-refractivity contribution is 5.36. The summed E-state index contributed by atoms with van der Waals surface area (Å²) in [6, 6.07) is 0. The molecule has 1 aliphatic heterocycles. The van der Waals surface area contributed by atoms with Gasteiger partial charge in [-0.3, -0.25) is 4.98 Å². The van der Waals surface area contributed by atoms with Gasteiger partial charge in [-0.15, -0.1) is 0 Å². The molecule has 1 aliphatic rings. The number of morpholine rings is 1. The minimum atomic E-state index is 0.777. The summed E-state index contributed by atoms with van der Waals surface area (Å²) < 4.78 is 5.31. The molecule has 1 aromatic rings. The van der Waals surface area contributed by atoms with E-state index in [0.717, 1.165) is 50.9 Å². The molecule has 5 heteroatoms. The maximum absolute atomic E-state index is 5.31. The topological polar surface area (TPSA) is 50.3 Å². The number of anilines is 1. The normalized spacial score (nSPS) is 16.4. The van der Waals surface area contributed by atoms with Crippen molar-refractivity contribution in [3.05, 3.63) is 18.1 Å². The fourth-order valence-electron chi connectivity index (χ4n) is 1.68. The monoisotopic (exact) mass is 222 g/mol. The van der Waals surface area contributed by atoms with E-state index in [4.69, 9.17) is 4.74 Å². The number of hydrogen-bond acceptors (Lipinski definition) is 5. The Labute approximate surface area is 95.8 Å². The zero-order valence-corrected chi connectivity index (χ0v) is 9.65. The van der Waals surface area contributed by atoms with Gasteiger partial charge < -0.3 is 15.0 Å². The summed E-state index contributed by atoms with van der Waals surface area (Å²) in [5.41, 5.74) is 0.992. The highest BCUT2D eigenvalue weighted by Crippen LogP contribution is 2.11. The molecule has 0 bridgehead atoms. The third kappa shape index (κ3) is 2.90. The molecule has 0 aromatic carbocycles. The molecule has 5 nitrogen and oxygen atoms in total. The van der Waals surface area contributed by atoms with Crippen LogP contribution in [0.3, 0.4) is 0 Å². The number of ether oxygens (including phenoxy) is 1. The quantitative estimate of drug-likeness (QED) is 0.800. The lowest BCUT2D eigenvalue weighted by Gasteiger charge is -2.27. The molecular formula is C11H18N4O. The van der Waals surface area contributed by atoms with Crippen LogP contribution in [0.1, 0.15) is 12.6 Å². The van der Waals surface area contributed by atoms with Crippen LogP contribution in [0.2, 0.25) is 0 Å². The Morgan fingerprint density at radius 1 is 1.38 bits per heavy atom. The largest absolute Gasteiger partial charge is 0.378 e. The maximum atomic E-state index is 5.31. The number of rotatable bonds is 4. The van der Waals surface area contributed by atoms with E-state index in [0.29, 0.717) is 0 Å². The standard InChI is InChI=1S/C11H18N4O/c1-2-12-7-10-8-13-9-11(14-10)15-3-5-16-6-4-15/h8-9,12H,2-7H2,1H3. The first kappa shape index (κ1) is 11.3. The van der Waals surface area contributed by atoms with Crippen LogP contribution in [0.15, 0.2) is 12.4 Å². The lowest BCUT2D eigenvalue weighted by Crippen LogP contribution is -2.37. The van der Waals surface area contributed by atoms with Crippen molar-refractivity contribution in [1.29, 1.82) is 0 Å². The fraction of sp³-hybridized carbons (Fsp3) is 0.636. The number of hydrogen-bond donors (Lipinski definition) is 1. The first-order valence-electron chi connectivity index (χ1n) is 5.74. The van der Waals surface area contributed by atoms with Gasteiger partial charge in [0.2, 0.25) is 0 Å². The van der Waals surface area contributed by atoms with E-state index in [-0.39, 0.29) is 0 Å². The van der Waals surface area contributed by atoms with Crippen molar-refractivity contribution in [3.8, 4) is 0 Å². The fourth-order valence-corrected chi connectivity index (χ4v) is 1.68. The van der Waals surface area contributed by atoms with Crippen LogP contribution >= 0.6 is 0 Å². The lowest BCUT2D eigenvalue weighted by atomic mass is 10.4. The van der Waals surface area contributed by atoms with Gasteiger partial charge in [-0.1, -0.05) is 6.92 Å². The van der Waals surface area contributed by atoms with E-state index < -0.39 is 0 Å². The van der Waals surface area contributed by atoms with Crippen molar-refractivity contribution in [2.45, 2.75) is 13.5 Å². The molecule has 1 fully saturated rings. The number of nitrogens with zero attached hydrogens (tertiary/aromatic N) is 3. The second kappa shape index (κ2) is 5.77. The Kier molecular flexibility index (Phi) is 4.07. The molecule has 0 aliphatic carbocycles. The van der Waals surface area contributed by atoms with Crippen LogP contribution in [0.5, 0.6) is 0 Å². The van der Waals surface area contributed by atoms with Crippen LogP contribution in [-0.4, -0.2) is 42.8 Å². The minimum Gasteiger partial charge on any atom is -0.378 e. The molecule has 1 aromatic heterocycles. The zero-order valence-electron chi connectivity index (χ0n) is 9.65. The molecular weight excluding hydrogens is 204 g/mol. The number of nitrogens with one attached hydrogen (secondary N) is 1. The van der Waals surface area contributed by atoms with Gasteiger partial charge in [0.05, 0.1) is 25.1 Å². The number of aromatic nitrogens is 2. The molecule has 16 heavy (non-hydrogen) atoms. The second-order valence-corrected chi connectivity index (χ2v) is 3.75. The van der Waals surface area contributed by atoms with Crippen molar-refractivity contribution >= 4 is 5.82 Å². The van der Waals surface area contributed by atoms with Crippen molar-refractivity contribution in [2.75, 3.05) is 37.7 Å². The maximum Gasteiger partial charge on any atom is 0.147 e. The van der Waals surface area contributed by atoms with Crippen molar-refractivity contribution < 1.29 is 4.74 Å². The van der Waals surface area contributed by atoms with Gasteiger partial charge in [-0.2, -0.15) is 0 Å². The van der Waals surface area contributed by atoms with E-state index in [1.165, 1.54) is 0 Å². The van der Waals surface area contributed by atoms with Gasteiger partial charge in [0, 0.05) is 25.8 Å². The van der Waals surface area contributed by atoms with Crippen LogP contribution in [0.4, 0.5) is 5.82 Å². The van der Waals surface area contributed by atoms with E-state index in [2.05, 4.69) is 27.1 Å². The van der Waals surface area contributed by atoms with E-state index in [1.807, 2.05) is 12.4 Å². The lowest BCUT2D eigenvalue weighted by molar-refractivity contribution is 0.122. The average molecular weight is 222 g/mol. The van der Waals surface area contributed by atoms with Crippen LogP contribution in [0.25, 0.3) is 0 Å². The first-order chi connectivity index (χ1) is 7.90. The summed E-state index contributed by atoms with van der Waals surface area (Å²) in [4.78, 5) is 11.0. The van der Waals surface area contributed by atoms with Crippen LogP contribution < -0.4 is 10.2 Å². The third-order valence-electron chi connectivity index (χ3n) is 2.56. The molecule has 0 amide bonds. The van der Waals surface area contributed by atoms with E-state index in [9.17, 15) is 0 Å². The van der Waals surface area contributed by atoms with Crippen molar-refractivity contribution in [1.82, 2.24) is 15.3 Å². The SMILES string of the molecule is CCNCc1cncc(N2CCOCC2)n1. The summed E-state index contributed by atoms with van der Waals surface area (Å²) in [6.45, 7) is 7.17. The Hall–Kier alpha value is -1.20. The summed E-state index contributed by atoms with van der Waals surface area (Å²) in [6.07, 6.45) is 3.63. The second-order valence-electron chi connectivity index (χ2n) is 3.75. The molecule has 1 N–H and O–H groups in total.